The summed E-state index contributed by atoms with van der Waals surface area (Å²) >= 11 is 0. The fourth-order valence-corrected chi connectivity index (χ4v) is 2.19. The molecule has 3 aromatic rings. The number of aromatic nitrogens is 1. The van der Waals surface area contributed by atoms with Crippen LogP contribution in [0.3, 0.4) is 0 Å². The molecule has 0 aliphatic heterocycles. The van der Waals surface area contributed by atoms with Gasteiger partial charge in [0.25, 0.3) is 0 Å². The van der Waals surface area contributed by atoms with Gasteiger partial charge in [-0.1, -0.05) is 12.1 Å². The summed E-state index contributed by atoms with van der Waals surface area (Å²) in [5.41, 5.74) is 1.18. The normalized spacial score (nSPS) is 10.7. The molecule has 0 aliphatic carbocycles. The minimum atomic E-state index is 0.206. The van der Waals surface area contributed by atoms with Crippen molar-refractivity contribution in [3.8, 4) is 11.8 Å². The van der Waals surface area contributed by atoms with Crippen LogP contribution in [0.4, 0.5) is 5.88 Å². The van der Waals surface area contributed by atoms with E-state index < -0.39 is 0 Å². The third-order valence-electron chi connectivity index (χ3n) is 3.36. The van der Waals surface area contributed by atoms with Crippen LogP contribution in [-0.4, -0.2) is 11.6 Å². The van der Waals surface area contributed by atoms with Gasteiger partial charge in [0.15, 0.2) is 0 Å². The van der Waals surface area contributed by atoms with Gasteiger partial charge in [0.1, 0.15) is 17.6 Å². The van der Waals surface area contributed by atoms with Gasteiger partial charge in [-0.15, -0.1) is 0 Å². The Balaban J connectivity index is 1.68. The molecule has 1 N–H and O–H groups in total. The van der Waals surface area contributed by atoms with E-state index in [-0.39, 0.29) is 5.69 Å². The van der Waals surface area contributed by atoms with Crippen molar-refractivity contribution in [3.63, 3.8) is 0 Å². The molecule has 0 saturated carbocycles. The Hall–Kier alpha value is -3.46. The van der Waals surface area contributed by atoms with Crippen LogP contribution < -0.4 is 10.1 Å². The molecule has 6 heteroatoms. The van der Waals surface area contributed by atoms with Crippen LogP contribution in [0.25, 0.3) is 12.2 Å². The summed E-state index contributed by atoms with van der Waals surface area (Å²) in [5.74, 6) is 2.25. The lowest BCUT2D eigenvalue weighted by molar-refractivity contribution is 0.340. The van der Waals surface area contributed by atoms with Crippen LogP contribution in [0, 0.1) is 11.3 Å². The number of nitriles is 1. The van der Waals surface area contributed by atoms with Gasteiger partial charge in [-0.2, -0.15) is 10.2 Å². The maximum absolute atomic E-state index is 9.18. The lowest BCUT2D eigenvalue weighted by Gasteiger charge is -2.01. The largest absolute Gasteiger partial charge is 0.494 e. The van der Waals surface area contributed by atoms with Crippen LogP contribution in [-0.2, 0) is 6.54 Å². The van der Waals surface area contributed by atoms with E-state index in [4.69, 9.17) is 13.6 Å². The predicted octanol–water partition coefficient (Wildman–Crippen LogP) is 4.32. The van der Waals surface area contributed by atoms with E-state index >= 15 is 0 Å². The summed E-state index contributed by atoms with van der Waals surface area (Å²) in [6, 6.07) is 13.3. The van der Waals surface area contributed by atoms with E-state index in [1.54, 1.807) is 18.4 Å². The molecule has 25 heavy (non-hydrogen) atoms. The van der Waals surface area contributed by atoms with Gasteiger partial charge in [0, 0.05) is 6.08 Å². The van der Waals surface area contributed by atoms with Crippen LogP contribution in [0.1, 0.15) is 29.8 Å². The topological polar surface area (TPSA) is 84.2 Å². The standard InChI is InChI=1S/C19H17N3O3/c1-2-23-15-8-5-14(6-9-15)7-10-18-22-17(12-20)19(25-18)21-13-16-4-3-11-24-16/h3-11,21H,2,13H2,1H3. The summed E-state index contributed by atoms with van der Waals surface area (Å²) in [6.45, 7) is 3.00. The number of nitrogens with one attached hydrogen (secondary N) is 1. The maximum Gasteiger partial charge on any atom is 0.232 e. The Labute approximate surface area is 145 Å². The number of hydrogen-bond acceptors (Lipinski definition) is 6. The first-order valence-electron chi connectivity index (χ1n) is 7.86. The Morgan fingerprint density at radius 2 is 2.08 bits per heavy atom. The van der Waals surface area contributed by atoms with E-state index in [1.807, 2.05) is 49.4 Å². The first-order chi connectivity index (χ1) is 12.3. The molecule has 6 nitrogen and oxygen atoms in total. The molecule has 0 bridgehead atoms. The van der Waals surface area contributed by atoms with Gasteiger partial charge in [0.05, 0.1) is 19.4 Å². The first kappa shape index (κ1) is 16.4. The molecular formula is C19H17N3O3. The van der Waals surface area contributed by atoms with Crippen molar-refractivity contribution < 1.29 is 13.6 Å². The highest BCUT2D eigenvalue weighted by molar-refractivity contribution is 5.67. The smallest absolute Gasteiger partial charge is 0.232 e. The molecule has 0 atom stereocenters. The number of benzene rings is 1. The van der Waals surface area contributed by atoms with E-state index in [2.05, 4.69) is 10.3 Å². The number of anilines is 1. The number of ether oxygens (including phenoxy) is 1. The second kappa shape index (κ2) is 7.88. The summed E-state index contributed by atoms with van der Waals surface area (Å²) in [5, 5.41) is 12.2. The van der Waals surface area contributed by atoms with Gasteiger partial charge < -0.3 is 18.9 Å². The monoisotopic (exact) mass is 335 g/mol. The Morgan fingerprint density at radius 3 is 2.76 bits per heavy atom. The van der Waals surface area contributed by atoms with E-state index in [9.17, 15) is 5.26 Å². The summed E-state index contributed by atoms with van der Waals surface area (Å²) in [4.78, 5) is 4.16. The summed E-state index contributed by atoms with van der Waals surface area (Å²) in [6.07, 6.45) is 5.17. The zero-order chi connectivity index (χ0) is 17.5. The summed E-state index contributed by atoms with van der Waals surface area (Å²) < 4.78 is 16.2. The van der Waals surface area contributed by atoms with Crippen LogP contribution in [0.5, 0.6) is 5.75 Å². The van der Waals surface area contributed by atoms with Gasteiger partial charge in [0.2, 0.25) is 17.5 Å². The second-order valence-electron chi connectivity index (χ2n) is 5.11. The fourth-order valence-electron chi connectivity index (χ4n) is 2.19. The van der Waals surface area contributed by atoms with Crippen molar-refractivity contribution in [2.75, 3.05) is 11.9 Å². The quantitative estimate of drug-likeness (QED) is 0.692. The van der Waals surface area contributed by atoms with Crippen molar-refractivity contribution in [3.05, 3.63) is 65.6 Å². The zero-order valence-corrected chi connectivity index (χ0v) is 13.7. The molecule has 2 heterocycles. The molecule has 0 spiro atoms. The van der Waals surface area contributed by atoms with E-state index in [0.717, 1.165) is 17.1 Å². The molecule has 126 valence electrons. The molecule has 3 rings (SSSR count). The third kappa shape index (κ3) is 4.30. The highest BCUT2D eigenvalue weighted by atomic mass is 16.5. The highest BCUT2D eigenvalue weighted by Crippen LogP contribution is 2.20. The SMILES string of the molecule is CCOc1ccc(C=Cc2nc(C#N)c(NCc3ccco3)o2)cc1. The van der Waals surface area contributed by atoms with E-state index in [0.29, 0.717) is 24.9 Å². The minimum Gasteiger partial charge on any atom is -0.494 e. The van der Waals surface area contributed by atoms with Crippen molar-refractivity contribution in [1.29, 1.82) is 5.26 Å². The number of hydrogen-bond donors (Lipinski definition) is 1. The lowest BCUT2D eigenvalue weighted by Crippen LogP contribution is -1.98. The van der Waals surface area contributed by atoms with Crippen LogP contribution >= 0.6 is 0 Å². The molecule has 0 radical (unpaired) electrons. The maximum atomic E-state index is 9.18. The fraction of sp³-hybridized carbons (Fsp3) is 0.158. The van der Waals surface area contributed by atoms with Gasteiger partial charge >= 0.3 is 0 Å². The second-order valence-corrected chi connectivity index (χ2v) is 5.11. The van der Waals surface area contributed by atoms with Gasteiger partial charge in [-0.25, -0.2) is 0 Å². The average Bonchev–Trinajstić information content (AvgIpc) is 3.29. The molecule has 0 saturated heterocycles. The van der Waals surface area contributed by atoms with Crippen molar-refractivity contribution in [1.82, 2.24) is 4.98 Å². The minimum absolute atomic E-state index is 0.206. The van der Waals surface area contributed by atoms with Crippen molar-refractivity contribution >= 4 is 18.0 Å². The summed E-state index contributed by atoms with van der Waals surface area (Å²) in [7, 11) is 0. The first-order valence-corrected chi connectivity index (χ1v) is 7.86. The third-order valence-corrected chi connectivity index (χ3v) is 3.36. The predicted molar refractivity (Wildman–Crippen MR) is 93.8 cm³/mol. The van der Waals surface area contributed by atoms with Gasteiger partial charge in [-0.05, 0) is 42.8 Å². The molecule has 0 unspecified atom stereocenters. The Morgan fingerprint density at radius 1 is 1.24 bits per heavy atom. The van der Waals surface area contributed by atoms with Gasteiger partial charge in [-0.3, -0.25) is 0 Å². The lowest BCUT2D eigenvalue weighted by atomic mass is 10.2. The molecule has 1 aromatic carbocycles. The van der Waals surface area contributed by atoms with E-state index in [1.165, 1.54) is 0 Å². The van der Waals surface area contributed by atoms with Crippen LogP contribution in [0.15, 0.2) is 51.5 Å². The number of oxazole rings is 1. The molecule has 0 amide bonds. The molecule has 0 fully saturated rings. The molecule has 2 aromatic heterocycles. The van der Waals surface area contributed by atoms with Crippen molar-refractivity contribution in [2.45, 2.75) is 13.5 Å². The number of rotatable bonds is 7. The Bertz CT molecular complexity index is 872. The average molecular weight is 335 g/mol. The number of furan rings is 1. The molecule has 0 aliphatic rings. The number of nitrogens with zero attached hydrogens (tertiary/aromatic N) is 2. The Kier molecular flexibility index (Phi) is 5.17. The van der Waals surface area contributed by atoms with Crippen LogP contribution in [0.2, 0.25) is 0 Å². The molecular weight excluding hydrogens is 318 g/mol. The highest BCUT2D eigenvalue weighted by Gasteiger charge is 2.11. The van der Waals surface area contributed by atoms with Crippen molar-refractivity contribution in [2.24, 2.45) is 0 Å². The zero-order valence-electron chi connectivity index (χ0n) is 13.7.